The van der Waals surface area contributed by atoms with Crippen molar-refractivity contribution in [2.24, 2.45) is 5.92 Å². The van der Waals surface area contributed by atoms with Gasteiger partial charge in [-0.05, 0) is 73.7 Å². The van der Waals surface area contributed by atoms with Gasteiger partial charge in [-0.1, -0.05) is 20.3 Å². The van der Waals surface area contributed by atoms with E-state index in [-0.39, 0.29) is 0 Å². The van der Waals surface area contributed by atoms with E-state index in [2.05, 4.69) is 51.8 Å². The number of rotatable bonds is 2. The van der Waals surface area contributed by atoms with Gasteiger partial charge in [0.05, 0.1) is 8.95 Å². The highest BCUT2D eigenvalue weighted by Crippen LogP contribution is 2.47. The van der Waals surface area contributed by atoms with Crippen LogP contribution in [0.25, 0.3) is 0 Å². The van der Waals surface area contributed by atoms with Crippen molar-refractivity contribution >= 4 is 31.9 Å². The minimum atomic E-state index is 0.337. The fourth-order valence-electron chi connectivity index (χ4n) is 2.58. The van der Waals surface area contributed by atoms with Crippen LogP contribution < -0.4 is 0 Å². The number of hydrogen-bond acceptors (Lipinski definition) is 1. The van der Waals surface area contributed by atoms with Crippen molar-refractivity contribution in [3.8, 4) is 5.75 Å². The Hall–Kier alpha value is -0.0200. The zero-order valence-corrected chi connectivity index (χ0v) is 12.7. The maximum Gasteiger partial charge on any atom is 0.144 e. The van der Waals surface area contributed by atoms with Crippen molar-refractivity contribution in [2.75, 3.05) is 0 Å². The predicted molar refractivity (Wildman–Crippen MR) is 74.0 cm³/mol. The molecule has 0 radical (unpaired) electrons. The number of phenolic OH excluding ortho intramolecular Hbond substituents is 1. The van der Waals surface area contributed by atoms with Crippen molar-refractivity contribution in [3.63, 3.8) is 0 Å². The zero-order valence-electron chi connectivity index (χ0n) is 9.56. The SMILES string of the molecule is CCC(C)C1CCc2c1cc(Br)c(O)c2Br. The number of fused-ring (bicyclic) bond motifs is 1. The molecule has 1 aromatic carbocycles. The lowest BCUT2D eigenvalue weighted by Crippen LogP contribution is -2.05. The van der Waals surface area contributed by atoms with Crippen LogP contribution in [0.3, 0.4) is 0 Å². The van der Waals surface area contributed by atoms with Crippen molar-refractivity contribution in [1.82, 2.24) is 0 Å². The van der Waals surface area contributed by atoms with Gasteiger partial charge in [0.15, 0.2) is 0 Å². The Bertz CT molecular complexity index is 415. The van der Waals surface area contributed by atoms with Crippen LogP contribution in [-0.4, -0.2) is 5.11 Å². The normalized spacial score (nSPS) is 20.9. The predicted octanol–water partition coefficient (Wildman–Crippen LogP) is 4.99. The van der Waals surface area contributed by atoms with Crippen LogP contribution in [0.5, 0.6) is 5.75 Å². The molecule has 0 saturated heterocycles. The van der Waals surface area contributed by atoms with E-state index in [1.165, 1.54) is 24.0 Å². The van der Waals surface area contributed by atoms with Crippen LogP contribution in [-0.2, 0) is 6.42 Å². The number of halogens is 2. The fourth-order valence-corrected chi connectivity index (χ4v) is 3.93. The molecule has 2 atom stereocenters. The third-order valence-corrected chi connectivity index (χ3v) is 5.22. The lowest BCUT2D eigenvalue weighted by molar-refractivity contribution is 0.443. The highest BCUT2D eigenvalue weighted by molar-refractivity contribution is 9.11. The first kappa shape index (κ1) is 12.4. The monoisotopic (exact) mass is 346 g/mol. The summed E-state index contributed by atoms with van der Waals surface area (Å²) >= 11 is 6.92. The average molecular weight is 348 g/mol. The summed E-state index contributed by atoms with van der Waals surface area (Å²) in [5.41, 5.74) is 2.71. The first-order valence-electron chi connectivity index (χ1n) is 5.76. The molecule has 1 aliphatic carbocycles. The molecular formula is C13H16Br2O. The van der Waals surface area contributed by atoms with E-state index >= 15 is 0 Å². The summed E-state index contributed by atoms with van der Waals surface area (Å²) in [4.78, 5) is 0. The maximum absolute atomic E-state index is 9.86. The molecule has 1 aliphatic rings. The molecule has 0 saturated carbocycles. The number of phenols is 1. The van der Waals surface area contributed by atoms with Gasteiger partial charge in [-0.15, -0.1) is 0 Å². The van der Waals surface area contributed by atoms with Crippen molar-refractivity contribution in [1.29, 1.82) is 0 Å². The molecule has 0 aromatic heterocycles. The molecule has 0 aliphatic heterocycles. The Morgan fingerprint density at radius 1 is 1.50 bits per heavy atom. The van der Waals surface area contributed by atoms with Gasteiger partial charge in [0, 0.05) is 0 Å². The zero-order chi connectivity index (χ0) is 11.9. The van der Waals surface area contributed by atoms with Crippen LogP contribution in [0.15, 0.2) is 15.0 Å². The lowest BCUT2D eigenvalue weighted by Gasteiger charge is -2.19. The first-order valence-corrected chi connectivity index (χ1v) is 7.34. The molecule has 88 valence electrons. The van der Waals surface area contributed by atoms with E-state index in [9.17, 15) is 5.11 Å². The number of aromatic hydroxyl groups is 1. The minimum Gasteiger partial charge on any atom is -0.506 e. The van der Waals surface area contributed by atoms with E-state index in [1.54, 1.807) is 0 Å². The first-order chi connectivity index (χ1) is 7.56. The van der Waals surface area contributed by atoms with Gasteiger partial charge in [0.25, 0.3) is 0 Å². The average Bonchev–Trinajstić information content (AvgIpc) is 2.68. The minimum absolute atomic E-state index is 0.337. The molecule has 16 heavy (non-hydrogen) atoms. The topological polar surface area (TPSA) is 20.2 Å². The third kappa shape index (κ3) is 1.92. The molecule has 1 N–H and O–H groups in total. The highest BCUT2D eigenvalue weighted by Gasteiger charge is 2.29. The van der Waals surface area contributed by atoms with Crippen molar-refractivity contribution in [2.45, 2.75) is 39.0 Å². The van der Waals surface area contributed by atoms with Gasteiger partial charge in [-0.25, -0.2) is 0 Å². The van der Waals surface area contributed by atoms with E-state index < -0.39 is 0 Å². The summed E-state index contributed by atoms with van der Waals surface area (Å²) in [7, 11) is 0. The standard InChI is InChI=1S/C13H16Br2O/c1-3-7(2)8-4-5-9-10(8)6-11(14)13(16)12(9)15/h6-8,16H,3-5H2,1-2H3. The second kappa shape index (κ2) is 4.69. The molecule has 0 bridgehead atoms. The maximum atomic E-state index is 9.86. The van der Waals surface area contributed by atoms with Crippen molar-refractivity contribution < 1.29 is 5.11 Å². The van der Waals surface area contributed by atoms with Gasteiger partial charge >= 0.3 is 0 Å². The van der Waals surface area contributed by atoms with Gasteiger partial charge in [-0.2, -0.15) is 0 Å². The molecule has 1 aromatic rings. The molecule has 2 unspecified atom stereocenters. The second-order valence-corrected chi connectivity index (χ2v) is 6.27. The van der Waals surface area contributed by atoms with Gasteiger partial charge in [0.2, 0.25) is 0 Å². The van der Waals surface area contributed by atoms with Gasteiger partial charge in [-0.3, -0.25) is 0 Å². The Kier molecular flexibility index (Phi) is 3.65. The Balaban J connectivity index is 2.48. The number of benzene rings is 1. The molecule has 0 heterocycles. The summed E-state index contributed by atoms with van der Waals surface area (Å²) in [6, 6.07) is 2.10. The van der Waals surface area contributed by atoms with E-state index in [1.807, 2.05) is 0 Å². The number of hydrogen-bond donors (Lipinski definition) is 1. The molecule has 1 nitrogen and oxygen atoms in total. The second-order valence-electron chi connectivity index (χ2n) is 4.62. The van der Waals surface area contributed by atoms with Crippen LogP contribution in [0.2, 0.25) is 0 Å². The fraction of sp³-hybridized carbons (Fsp3) is 0.538. The van der Waals surface area contributed by atoms with Crippen molar-refractivity contribution in [3.05, 3.63) is 26.1 Å². The van der Waals surface area contributed by atoms with Gasteiger partial charge < -0.3 is 5.11 Å². The Morgan fingerprint density at radius 3 is 2.81 bits per heavy atom. The Morgan fingerprint density at radius 2 is 2.19 bits per heavy atom. The largest absolute Gasteiger partial charge is 0.506 e. The summed E-state index contributed by atoms with van der Waals surface area (Å²) in [6.07, 6.45) is 3.49. The molecule has 3 heteroatoms. The Labute approximate surface area is 114 Å². The quantitative estimate of drug-likeness (QED) is 0.798. The van der Waals surface area contributed by atoms with E-state index in [4.69, 9.17) is 0 Å². The lowest BCUT2D eigenvalue weighted by atomic mass is 9.87. The molecular weight excluding hydrogens is 332 g/mol. The smallest absolute Gasteiger partial charge is 0.144 e. The summed E-state index contributed by atoms with van der Waals surface area (Å²) in [5, 5.41) is 9.86. The highest BCUT2D eigenvalue weighted by atomic mass is 79.9. The van der Waals surface area contributed by atoms with E-state index in [0.29, 0.717) is 17.6 Å². The van der Waals surface area contributed by atoms with Crippen LogP contribution in [0.1, 0.15) is 43.7 Å². The summed E-state index contributed by atoms with van der Waals surface area (Å²) < 4.78 is 1.68. The molecule has 0 spiro atoms. The van der Waals surface area contributed by atoms with Crippen LogP contribution in [0, 0.1) is 5.92 Å². The third-order valence-electron chi connectivity index (χ3n) is 3.77. The van der Waals surface area contributed by atoms with Gasteiger partial charge in [0.1, 0.15) is 5.75 Å². The van der Waals surface area contributed by atoms with Crippen LogP contribution >= 0.6 is 31.9 Å². The van der Waals surface area contributed by atoms with Crippen LogP contribution in [0.4, 0.5) is 0 Å². The molecule has 2 rings (SSSR count). The molecule has 0 fully saturated rings. The summed E-state index contributed by atoms with van der Waals surface area (Å²) in [5.74, 6) is 1.70. The molecule has 0 amide bonds. The van der Waals surface area contributed by atoms with E-state index in [0.717, 1.165) is 15.4 Å². The summed E-state index contributed by atoms with van der Waals surface area (Å²) in [6.45, 7) is 4.56.